The lowest BCUT2D eigenvalue weighted by molar-refractivity contribution is -0.136. The molecule has 6 heteroatoms. The lowest BCUT2D eigenvalue weighted by atomic mass is 9.92. The maximum absolute atomic E-state index is 12.6. The summed E-state index contributed by atoms with van der Waals surface area (Å²) in [4.78, 5) is 22.1. The molecule has 0 aliphatic carbocycles. The number of carbonyl (C=O) groups is 1. The van der Waals surface area contributed by atoms with Crippen molar-refractivity contribution in [2.24, 2.45) is 5.92 Å². The van der Waals surface area contributed by atoms with Gasteiger partial charge in [-0.15, -0.1) is 12.4 Å². The fourth-order valence-electron chi connectivity index (χ4n) is 3.18. The Hall–Kier alpha value is -1.85. The van der Waals surface area contributed by atoms with Crippen molar-refractivity contribution in [2.45, 2.75) is 32.4 Å². The van der Waals surface area contributed by atoms with Crippen LogP contribution >= 0.6 is 12.4 Å². The molecule has 0 radical (unpaired) electrons. The second-order valence-corrected chi connectivity index (χ2v) is 6.38. The highest BCUT2D eigenvalue weighted by atomic mass is 35.5. The molecule has 2 atom stereocenters. The zero-order valence-electron chi connectivity index (χ0n) is 14.2. The molecule has 0 bridgehead atoms. The topological polar surface area (TPSA) is 61.0 Å². The van der Waals surface area contributed by atoms with Crippen molar-refractivity contribution in [1.29, 1.82) is 0 Å². The molecular formula is C18H25ClN4O. The molecule has 1 fully saturated rings. The minimum Gasteiger partial charge on any atom is -0.341 e. The summed E-state index contributed by atoms with van der Waals surface area (Å²) >= 11 is 0. The van der Waals surface area contributed by atoms with Crippen molar-refractivity contribution in [3.05, 3.63) is 42.4 Å². The number of carbonyl (C=O) groups excluding carboxylic acids is 1. The zero-order valence-corrected chi connectivity index (χ0v) is 15.0. The zero-order chi connectivity index (χ0) is 16.2. The molecule has 1 aromatic heterocycles. The van der Waals surface area contributed by atoms with E-state index in [4.69, 9.17) is 0 Å². The first-order valence-electron chi connectivity index (χ1n) is 8.21. The minimum absolute atomic E-state index is 0. The highest BCUT2D eigenvalue weighted by Crippen LogP contribution is 2.20. The summed E-state index contributed by atoms with van der Waals surface area (Å²) in [6.07, 6.45) is 3.66. The van der Waals surface area contributed by atoms with E-state index in [1.807, 2.05) is 43.6 Å². The number of benzene rings is 1. The van der Waals surface area contributed by atoms with Gasteiger partial charge in [0.1, 0.15) is 5.82 Å². The Balaban J connectivity index is 0.00000208. The molecule has 0 unspecified atom stereocenters. The van der Waals surface area contributed by atoms with Gasteiger partial charge >= 0.3 is 0 Å². The molecular weight excluding hydrogens is 324 g/mol. The Morgan fingerprint density at radius 2 is 2.08 bits per heavy atom. The number of amides is 1. The van der Waals surface area contributed by atoms with Crippen LogP contribution in [0.15, 0.2) is 36.5 Å². The summed E-state index contributed by atoms with van der Waals surface area (Å²) in [5.74, 6) is 1.16. The predicted molar refractivity (Wildman–Crippen MR) is 97.9 cm³/mol. The third-order valence-corrected chi connectivity index (χ3v) is 4.45. The molecule has 0 spiro atoms. The van der Waals surface area contributed by atoms with Gasteiger partial charge in [0.05, 0.1) is 18.4 Å². The summed E-state index contributed by atoms with van der Waals surface area (Å²) in [5.41, 5.74) is 2.09. The van der Waals surface area contributed by atoms with Crippen molar-refractivity contribution in [1.82, 2.24) is 20.2 Å². The fourth-order valence-corrected chi connectivity index (χ4v) is 3.18. The van der Waals surface area contributed by atoms with Crippen LogP contribution < -0.4 is 5.32 Å². The van der Waals surface area contributed by atoms with Crippen LogP contribution in [0.5, 0.6) is 0 Å². The normalized spacial score (nSPS) is 20.2. The molecule has 1 amide bonds. The lowest BCUT2D eigenvalue weighted by Crippen LogP contribution is -2.42. The molecule has 1 aromatic carbocycles. The number of halogens is 1. The molecule has 2 N–H and O–H groups in total. The van der Waals surface area contributed by atoms with Gasteiger partial charge in [-0.25, -0.2) is 4.98 Å². The van der Waals surface area contributed by atoms with Crippen LogP contribution in [0.25, 0.3) is 11.3 Å². The molecule has 2 heterocycles. The summed E-state index contributed by atoms with van der Waals surface area (Å²) < 4.78 is 0. The van der Waals surface area contributed by atoms with Crippen LogP contribution in [0.4, 0.5) is 0 Å². The number of imidazole rings is 1. The first-order chi connectivity index (χ1) is 11.1. The number of hydrogen-bond donors (Lipinski definition) is 2. The Bertz CT molecular complexity index is 658. The van der Waals surface area contributed by atoms with E-state index in [9.17, 15) is 4.79 Å². The summed E-state index contributed by atoms with van der Waals surface area (Å²) in [7, 11) is 1.86. The van der Waals surface area contributed by atoms with E-state index < -0.39 is 0 Å². The fraction of sp³-hybridized carbons (Fsp3) is 0.444. The number of nitrogens with one attached hydrogen (secondary N) is 2. The maximum atomic E-state index is 12.6. The van der Waals surface area contributed by atoms with E-state index in [2.05, 4.69) is 22.2 Å². The van der Waals surface area contributed by atoms with E-state index in [-0.39, 0.29) is 24.2 Å². The average molecular weight is 349 g/mol. The second-order valence-electron chi connectivity index (χ2n) is 6.38. The number of nitrogens with zero attached hydrogens (tertiary/aromatic N) is 2. The molecule has 1 aliphatic rings. The van der Waals surface area contributed by atoms with Crippen molar-refractivity contribution in [3.8, 4) is 11.3 Å². The number of rotatable bonds is 4. The van der Waals surface area contributed by atoms with Crippen LogP contribution in [0.2, 0.25) is 0 Å². The van der Waals surface area contributed by atoms with Gasteiger partial charge < -0.3 is 15.2 Å². The Labute approximate surface area is 149 Å². The summed E-state index contributed by atoms with van der Waals surface area (Å²) in [6, 6.07) is 10.5. The van der Waals surface area contributed by atoms with E-state index in [0.29, 0.717) is 12.6 Å². The first-order valence-corrected chi connectivity index (χ1v) is 8.21. The number of aromatic nitrogens is 2. The second kappa shape index (κ2) is 8.31. The molecule has 130 valence electrons. The molecule has 0 saturated carbocycles. The number of piperidine rings is 1. The van der Waals surface area contributed by atoms with Gasteiger partial charge in [-0.3, -0.25) is 4.79 Å². The van der Waals surface area contributed by atoms with E-state index in [1.54, 1.807) is 4.90 Å². The largest absolute Gasteiger partial charge is 0.341 e. The quantitative estimate of drug-likeness (QED) is 0.893. The Kier molecular flexibility index (Phi) is 6.40. The average Bonchev–Trinajstić information content (AvgIpc) is 3.03. The molecule has 3 rings (SSSR count). The van der Waals surface area contributed by atoms with E-state index >= 15 is 0 Å². The smallest absolute Gasteiger partial charge is 0.225 e. The Morgan fingerprint density at radius 3 is 2.79 bits per heavy atom. The molecule has 5 nitrogen and oxygen atoms in total. The van der Waals surface area contributed by atoms with Gasteiger partial charge in [-0.05, 0) is 31.9 Å². The monoisotopic (exact) mass is 348 g/mol. The summed E-state index contributed by atoms with van der Waals surface area (Å²) in [6.45, 7) is 3.58. The highest BCUT2D eigenvalue weighted by Gasteiger charge is 2.27. The van der Waals surface area contributed by atoms with Gasteiger partial charge in [-0.2, -0.15) is 0 Å². The lowest BCUT2D eigenvalue weighted by Gasteiger charge is -2.30. The van der Waals surface area contributed by atoms with E-state index in [1.165, 1.54) is 0 Å². The van der Waals surface area contributed by atoms with Gasteiger partial charge in [0, 0.05) is 19.0 Å². The van der Waals surface area contributed by atoms with Gasteiger partial charge in [0.15, 0.2) is 0 Å². The standard InChI is InChI=1S/C18H24N4O.ClH/c1-13-10-15(8-9-19-13)18(23)22(2)12-17-20-11-16(21-17)14-6-4-3-5-7-14;/h3-7,11,13,15,19H,8-10,12H2,1-2H3,(H,20,21);1H/t13-,15-;/m0./s1. The van der Waals surface area contributed by atoms with E-state index in [0.717, 1.165) is 36.5 Å². The van der Waals surface area contributed by atoms with Crippen LogP contribution in [0.1, 0.15) is 25.6 Å². The first kappa shape index (κ1) is 18.5. The number of aromatic amines is 1. The van der Waals surface area contributed by atoms with Crippen LogP contribution in [0, 0.1) is 5.92 Å². The SMILES string of the molecule is C[C@H]1C[C@@H](C(=O)N(C)Cc2ncc(-c3ccccc3)[nH]2)CCN1.Cl. The van der Waals surface area contributed by atoms with Crippen molar-refractivity contribution in [3.63, 3.8) is 0 Å². The molecule has 1 aliphatic heterocycles. The minimum atomic E-state index is 0. The highest BCUT2D eigenvalue weighted by molar-refractivity contribution is 5.85. The van der Waals surface area contributed by atoms with Crippen molar-refractivity contribution >= 4 is 18.3 Å². The van der Waals surface area contributed by atoms with Crippen molar-refractivity contribution < 1.29 is 4.79 Å². The van der Waals surface area contributed by atoms with Crippen molar-refractivity contribution in [2.75, 3.05) is 13.6 Å². The third kappa shape index (κ3) is 4.36. The predicted octanol–water partition coefficient (Wildman–Crippen LogP) is 2.85. The van der Waals surface area contributed by atoms with Gasteiger partial charge in [0.25, 0.3) is 0 Å². The summed E-state index contributed by atoms with van der Waals surface area (Å²) in [5, 5.41) is 3.39. The molecule has 1 saturated heterocycles. The van der Waals surface area contributed by atoms with Gasteiger partial charge in [-0.1, -0.05) is 30.3 Å². The third-order valence-electron chi connectivity index (χ3n) is 4.45. The molecule has 24 heavy (non-hydrogen) atoms. The number of H-pyrrole nitrogens is 1. The van der Waals surface area contributed by atoms with Crippen LogP contribution in [-0.4, -0.2) is 40.4 Å². The number of hydrogen-bond acceptors (Lipinski definition) is 3. The maximum Gasteiger partial charge on any atom is 0.225 e. The molecule has 2 aromatic rings. The Morgan fingerprint density at radius 1 is 1.33 bits per heavy atom. The van der Waals surface area contributed by atoms with Crippen LogP contribution in [-0.2, 0) is 11.3 Å². The van der Waals surface area contributed by atoms with Gasteiger partial charge in [0.2, 0.25) is 5.91 Å². The van der Waals surface area contributed by atoms with Crippen LogP contribution in [0.3, 0.4) is 0 Å².